The van der Waals surface area contributed by atoms with Crippen molar-refractivity contribution in [2.24, 2.45) is 0 Å². The maximum atomic E-state index is 13.2. The van der Waals surface area contributed by atoms with Gasteiger partial charge in [-0.15, -0.1) is 0 Å². The van der Waals surface area contributed by atoms with Crippen LogP contribution in [0.4, 0.5) is 15.8 Å². The highest BCUT2D eigenvalue weighted by atomic mass is 35.5. The Kier molecular flexibility index (Phi) is 7.30. The SMILES string of the molecule is COC1CCN(c2ccc(NC(=O)CNS(=O)(=O)c3ccc(F)c(Cl)c3)cc2)CC1. The molecule has 0 radical (unpaired) electrons. The number of benzene rings is 2. The van der Waals surface area contributed by atoms with E-state index in [1.807, 2.05) is 12.1 Å². The fourth-order valence-corrected chi connectivity index (χ4v) is 4.45. The molecule has 10 heteroatoms. The van der Waals surface area contributed by atoms with Gasteiger partial charge in [-0.3, -0.25) is 4.79 Å². The summed E-state index contributed by atoms with van der Waals surface area (Å²) < 4.78 is 45.2. The second-order valence-electron chi connectivity index (χ2n) is 6.92. The average molecular weight is 456 g/mol. The summed E-state index contributed by atoms with van der Waals surface area (Å²) in [5, 5.41) is 2.33. The van der Waals surface area contributed by atoms with Crippen molar-refractivity contribution in [3.63, 3.8) is 0 Å². The number of hydrogen-bond donors (Lipinski definition) is 2. The number of piperidine rings is 1. The van der Waals surface area contributed by atoms with E-state index in [9.17, 15) is 17.6 Å². The number of nitrogens with one attached hydrogen (secondary N) is 2. The molecule has 0 aliphatic carbocycles. The summed E-state index contributed by atoms with van der Waals surface area (Å²) in [6.07, 6.45) is 2.23. The van der Waals surface area contributed by atoms with E-state index in [0.717, 1.165) is 49.8 Å². The van der Waals surface area contributed by atoms with Crippen molar-refractivity contribution in [2.75, 3.05) is 37.0 Å². The van der Waals surface area contributed by atoms with Gasteiger partial charge >= 0.3 is 0 Å². The number of anilines is 2. The van der Waals surface area contributed by atoms with E-state index in [2.05, 4.69) is 14.9 Å². The number of methoxy groups -OCH3 is 1. The topological polar surface area (TPSA) is 87.7 Å². The highest BCUT2D eigenvalue weighted by Gasteiger charge is 2.19. The van der Waals surface area contributed by atoms with Crippen molar-refractivity contribution in [3.8, 4) is 0 Å². The third-order valence-electron chi connectivity index (χ3n) is 4.92. The Labute approximate surface area is 180 Å². The van der Waals surface area contributed by atoms with Crippen LogP contribution in [0.2, 0.25) is 5.02 Å². The number of hydrogen-bond acceptors (Lipinski definition) is 5. The first-order valence-corrected chi connectivity index (χ1v) is 11.3. The lowest BCUT2D eigenvalue weighted by Gasteiger charge is -2.33. The molecule has 0 bridgehead atoms. The maximum Gasteiger partial charge on any atom is 0.241 e. The predicted molar refractivity (Wildman–Crippen MR) is 114 cm³/mol. The Bertz CT molecular complexity index is 994. The van der Waals surface area contributed by atoms with Crippen molar-refractivity contribution in [2.45, 2.75) is 23.8 Å². The van der Waals surface area contributed by atoms with Gasteiger partial charge in [-0.1, -0.05) is 11.6 Å². The second kappa shape index (κ2) is 9.74. The summed E-state index contributed by atoms with van der Waals surface area (Å²) in [7, 11) is -2.26. The van der Waals surface area contributed by atoms with Crippen LogP contribution < -0.4 is 14.9 Å². The molecule has 2 aromatic carbocycles. The zero-order valence-corrected chi connectivity index (χ0v) is 18.0. The smallest absolute Gasteiger partial charge is 0.241 e. The van der Waals surface area contributed by atoms with Crippen LogP contribution in [0.1, 0.15) is 12.8 Å². The fourth-order valence-electron chi connectivity index (χ4n) is 3.20. The van der Waals surface area contributed by atoms with Gasteiger partial charge in [-0.25, -0.2) is 17.5 Å². The molecule has 1 saturated heterocycles. The molecule has 1 amide bonds. The van der Waals surface area contributed by atoms with Crippen LogP contribution in [0.5, 0.6) is 0 Å². The number of rotatable bonds is 7. The lowest BCUT2D eigenvalue weighted by atomic mass is 10.1. The van der Waals surface area contributed by atoms with Gasteiger partial charge in [0.1, 0.15) is 5.82 Å². The average Bonchev–Trinajstić information content (AvgIpc) is 2.75. The van der Waals surface area contributed by atoms with Crippen LogP contribution in [0.25, 0.3) is 0 Å². The maximum absolute atomic E-state index is 13.2. The quantitative estimate of drug-likeness (QED) is 0.670. The molecule has 0 unspecified atom stereocenters. The van der Waals surface area contributed by atoms with Gasteiger partial charge in [-0.2, -0.15) is 0 Å². The number of carbonyl (C=O) groups is 1. The first-order valence-electron chi connectivity index (χ1n) is 9.41. The molecule has 1 fully saturated rings. The summed E-state index contributed by atoms with van der Waals surface area (Å²) in [5.74, 6) is -1.25. The van der Waals surface area contributed by atoms with Gasteiger partial charge in [0.05, 0.1) is 22.6 Å². The molecule has 7 nitrogen and oxygen atoms in total. The molecule has 162 valence electrons. The second-order valence-corrected chi connectivity index (χ2v) is 9.09. The normalized spacial score (nSPS) is 15.2. The van der Waals surface area contributed by atoms with Crippen molar-refractivity contribution in [3.05, 3.63) is 53.3 Å². The molecule has 0 saturated carbocycles. The largest absolute Gasteiger partial charge is 0.381 e. The third kappa shape index (κ3) is 5.69. The molecular formula is C20H23ClFN3O4S. The van der Waals surface area contributed by atoms with E-state index in [1.165, 1.54) is 0 Å². The first kappa shape index (κ1) is 22.5. The Balaban J connectivity index is 1.53. The molecule has 2 aromatic rings. The summed E-state index contributed by atoms with van der Waals surface area (Å²) in [5.41, 5.74) is 1.61. The number of amides is 1. The van der Waals surface area contributed by atoms with Gasteiger partial charge in [0.25, 0.3) is 0 Å². The van der Waals surface area contributed by atoms with Crippen LogP contribution in [0.15, 0.2) is 47.4 Å². The summed E-state index contributed by atoms with van der Waals surface area (Å²) >= 11 is 5.62. The van der Waals surface area contributed by atoms with Gasteiger partial charge in [0.2, 0.25) is 15.9 Å². The minimum Gasteiger partial charge on any atom is -0.381 e. The molecular weight excluding hydrogens is 433 g/mol. The van der Waals surface area contributed by atoms with Gasteiger partial charge in [0, 0.05) is 31.6 Å². The number of sulfonamides is 1. The molecule has 3 rings (SSSR count). The minimum atomic E-state index is -3.99. The third-order valence-corrected chi connectivity index (χ3v) is 6.60. The Hall–Kier alpha value is -2.20. The molecule has 1 heterocycles. The Morgan fingerprint density at radius 3 is 2.47 bits per heavy atom. The van der Waals surface area contributed by atoms with Crippen LogP contribution in [-0.4, -0.2) is 47.2 Å². The van der Waals surface area contributed by atoms with E-state index < -0.39 is 28.3 Å². The minimum absolute atomic E-state index is 0.219. The molecule has 1 aliphatic heterocycles. The first-order chi connectivity index (χ1) is 14.3. The zero-order chi connectivity index (χ0) is 21.7. The van der Waals surface area contributed by atoms with Crippen LogP contribution >= 0.6 is 11.6 Å². The number of carbonyl (C=O) groups excluding carboxylic acids is 1. The van der Waals surface area contributed by atoms with E-state index >= 15 is 0 Å². The van der Waals surface area contributed by atoms with Gasteiger partial charge in [0.15, 0.2) is 0 Å². The molecule has 30 heavy (non-hydrogen) atoms. The predicted octanol–water partition coefficient (Wildman–Crippen LogP) is 3.01. The number of halogens is 2. The highest BCUT2D eigenvalue weighted by Crippen LogP contribution is 2.23. The van der Waals surface area contributed by atoms with Crippen molar-refractivity contribution < 1.29 is 22.3 Å². The van der Waals surface area contributed by atoms with Crippen molar-refractivity contribution in [1.29, 1.82) is 0 Å². The summed E-state index contributed by atoms with van der Waals surface area (Å²) in [6, 6.07) is 10.4. The zero-order valence-electron chi connectivity index (χ0n) is 16.4. The van der Waals surface area contributed by atoms with Crippen molar-refractivity contribution in [1.82, 2.24) is 4.72 Å². The van der Waals surface area contributed by atoms with Gasteiger partial charge < -0.3 is 15.0 Å². The fraction of sp³-hybridized carbons (Fsp3) is 0.350. The standard InChI is InChI=1S/C20H23ClFN3O4S/c1-29-16-8-10-25(11-9-16)15-4-2-14(3-5-15)24-20(26)13-23-30(27,28)17-6-7-19(22)18(21)12-17/h2-7,12,16,23H,8-11,13H2,1H3,(H,24,26). The Morgan fingerprint density at radius 1 is 1.20 bits per heavy atom. The highest BCUT2D eigenvalue weighted by molar-refractivity contribution is 7.89. The number of nitrogens with zero attached hydrogens (tertiary/aromatic N) is 1. The molecule has 0 spiro atoms. The number of ether oxygens (including phenoxy) is 1. The van der Waals surface area contributed by atoms with Crippen LogP contribution in [0.3, 0.4) is 0 Å². The molecule has 1 aliphatic rings. The summed E-state index contributed by atoms with van der Waals surface area (Å²) in [6.45, 7) is 1.34. The molecule has 2 N–H and O–H groups in total. The molecule has 0 aromatic heterocycles. The van der Waals surface area contributed by atoms with E-state index in [0.29, 0.717) is 11.8 Å². The Morgan fingerprint density at radius 2 is 1.87 bits per heavy atom. The summed E-state index contributed by atoms with van der Waals surface area (Å²) in [4.78, 5) is 14.2. The van der Waals surface area contributed by atoms with E-state index in [1.54, 1.807) is 19.2 Å². The van der Waals surface area contributed by atoms with Gasteiger partial charge in [-0.05, 0) is 55.3 Å². The van der Waals surface area contributed by atoms with Crippen molar-refractivity contribution >= 4 is 38.9 Å². The van der Waals surface area contributed by atoms with Crippen LogP contribution in [-0.2, 0) is 19.6 Å². The monoisotopic (exact) mass is 455 g/mol. The van der Waals surface area contributed by atoms with Crippen LogP contribution in [0, 0.1) is 5.82 Å². The molecule has 0 atom stereocenters. The lowest BCUT2D eigenvalue weighted by molar-refractivity contribution is -0.115. The lowest BCUT2D eigenvalue weighted by Crippen LogP contribution is -2.36. The van der Waals surface area contributed by atoms with E-state index in [4.69, 9.17) is 16.3 Å². The van der Waals surface area contributed by atoms with E-state index in [-0.39, 0.29) is 9.92 Å².